The number of benzene rings is 2. The van der Waals surface area contributed by atoms with E-state index < -0.39 is 0 Å². The number of H-pyrrole nitrogens is 2. The molecule has 0 amide bonds. The molecule has 1 aromatic heterocycles. The van der Waals surface area contributed by atoms with Crippen molar-refractivity contribution >= 4 is 23.3 Å². The Kier molecular flexibility index (Phi) is 5.60. The Hall–Kier alpha value is -2.11. The third-order valence-electron chi connectivity index (χ3n) is 5.52. The minimum Gasteiger partial charge on any atom is -0.492 e. The lowest BCUT2D eigenvalue weighted by molar-refractivity contribution is 0.155. The van der Waals surface area contributed by atoms with Gasteiger partial charge in [0.05, 0.1) is 11.0 Å². The standard InChI is InChI=1S/C22H27N3OS/c1-16-2-4-17(5-3-16)14-18-8-10-25(11-9-18)12-13-26-19-6-7-20-21(15-19)24-22(27)23-20/h2-7,15,18H,8-14H2,1H3,(H2,23,24,27). The van der Waals surface area contributed by atoms with Crippen molar-refractivity contribution in [1.29, 1.82) is 0 Å². The zero-order valence-corrected chi connectivity index (χ0v) is 16.6. The van der Waals surface area contributed by atoms with Crippen molar-refractivity contribution in [3.8, 4) is 5.75 Å². The van der Waals surface area contributed by atoms with Gasteiger partial charge in [0.2, 0.25) is 0 Å². The molecule has 0 aliphatic carbocycles. The third-order valence-corrected chi connectivity index (χ3v) is 5.72. The first-order chi connectivity index (χ1) is 13.2. The number of imidazole rings is 1. The Bertz CT molecular complexity index is 936. The summed E-state index contributed by atoms with van der Waals surface area (Å²) in [6.07, 6.45) is 3.77. The molecule has 4 nitrogen and oxygen atoms in total. The molecule has 2 aromatic carbocycles. The van der Waals surface area contributed by atoms with E-state index in [4.69, 9.17) is 17.0 Å². The molecule has 0 bridgehead atoms. The van der Waals surface area contributed by atoms with Gasteiger partial charge in [-0.3, -0.25) is 4.90 Å². The molecule has 3 aromatic rings. The number of aromatic amines is 2. The number of rotatable bonds is 6. The second kappa shape index (κ2) is 8.28. The van der Waals surface area contributed by atoms with Crippen LogP contribution in [0.3, 0.4) is 0 Å². The number of likely N-dealkylation sites (tertiary alicyclic amines) is 1. The summed E-state index contributed by atoms with van der Waals surface area (Å²) in [5.41, 5.74) is 4.82. The van der Waals surface area contributed by atoms with Crippen LogP contribution in [0.4, 0.5) is 0 Å². The SMILES string of the molecule is Cc1ccc(CC2CCN(CCOc3ccc4[nH]c(=S)[nH]c4c3)CC2)cc1. The summed E-state index contributed by atoms with van der Waals surface area (Å²) in [5.74, 6) is 1.70. The number of fused-ring (bicyclic) bond motifs is 1. The predicted molar refractivity (Wildman–Crippen MR) is 113 cm³/mol. The number of nitrogens with zero attached hydrogens (tertiary/aromatic N) is 1. The minimum atomic E-state index is 0.649. The van der Waals surface area contributed by atoms with Gasteiger partial charge in [-0.1, -0.05) is 29.8 Å². The van der Waals surface area contributed by atoms with Crippen LogP contribution in [0, 0.1) is 17.6 Å². The van der Waals surface area contributed by atoms with E-state index in [0.29, 0.717) is 4.77 Å². The Morgan fingerprint density at radius 1 is 1.04 bits per heavy atom. The summed E-state index contributed by atoms with van der Waals surface area (Å²) in [6.45, 7) is 6.20. The first-order valence-electron chi connectivity index (χ1n) is 9.78. The van der Waals surface area contributed by atoms with Crippen LogP contribution >= 0.6 is 12.2 Å². The quantitative estimate of drug-likeness (QED) is 0.599. The lowest BCUT2D eigenvalue weighted by Crippen LogP contribution is -2.37. The van der Waals surface area contributed by atoms with Crippen LogP contribution in [0.2, 0.25) is 0 Å². The highest BCUT2D eigenvalue weighted by Crippen LogP contribution is 2.22. The van der Waals surface area contributed by atoms with E-state index >= 15 is 0 Å². The smallest absolute Gasteiger partial charge is 0.175 e. The summed E-state index contributed by atoms with van der Waals surface area (Å²) in [6, 6.07) is 15.0. The third kappa shape index (κ3) is 4.79. The molecule has 0 unspecified atom stereocenters. The van der Waals surface area contributed by atoms with Gasteiger partial charge in [0, 0.05) is 12.6 Å². The number of piperidine rings is 1. The molecule has 2 heterocycles. The average Bonchev–Trinajstić information content (AvgIpc) is 3.04. The Morgan fingerprint density at radius 3 is 2.56 bits per heavy atom. The largest absolute Gasteiger partial charge is 0.492 e. The fourth-order valence-electron chi connectivity index (χ4n) is 3.87. The van der Waals surface area contributed by atoms with Gasteiger partial charge in [-0.05, 0) is 75.1 Å². The highest BCUT2D eigenvalue weighted by atomic mass is 32.1. The molecule has 0 spiro atoms. The number of aromatic nitrogens is 2. The summed E-state index contributed by atoms with van der Waals surface area (Å²) in [5, 5.41) is 0. The molecule has 0 radical (unpaired) electrons. The number of aryl methyl sites for hydroxylation is 1. The van der Waals surface area contributed by atoms with Gasteiger partial charge in [0.25, 0.3) is 0 Å². The van der Waals surface area contributed by atoms with Crippen molar-refractivity contribution < 1.29 is 4.74 Å². The zero-order valence-electron chi connectivity index (χ0n) is 15.8. The minimum absolute atomic E-state index is 0.649. The van der Waals surface area contributed by atoms with E-state index in [1.54, 1.807) is 0 Å². The van der Waals surface area contributed by atoms with E-state index in [1.807, 2.05) is 18.2 Å². The fourth-order valence-corrected chi connectivity index (χ4v) is 4.09. The van der Waals surface area contributed by atoms with Gasteiger partial charge in [0.15, 0.2) is 4.77 Å². The van der Waals surface area contributed by atoms with Crippen molar-refractivity contribution in [3.63, 3.8) is 0 Å². The molecule has 1 aliphatic heterocycles. The van der Waals surface area contributed by atoms with Gasteiger partial charge in [-0.2, -0.15) is 0 Å². The second-order valence-corrected chi connectivity index (χ2v) is 8.02. The summed E-state index contributed by atoms with van der Waals surface area (Å²) in [7, 11) is 0. The normalized spacial score (nSPS) is 16.0. The average molecular weight is 382 g/mol. The van der Waals surface area contributed by atoms with E-state index in [0.717, 1.165) is 35.9 Å². The molecular weight excluding hydrogens is 354 g/mol. The van der Waals surface area contributed by atoms with Crippen molar-refractivity contribution in [3.05, 3.63) is 58.4 Å². The van der Waals surface area contributed by atoms with Crippen LogP contribution < -0.4 is 4.74 Å². The van der Waals surface area contributed by atoms with Crippen LogP contribution in [-0.2, 0) is 6.42 Å². The number of hydrogen-bond acceptors (Lipinski definition) is 3. The van der Waals surface area contributed by atoms with E-state index in [-0.39, 0.29) is 0 Å². The molecule has 1 saturated heterocycles. The summed E-state index contributed by atoms with van der Waals surface area (Å²) >= 11 is 5.13. The molecule has 0 atom stereocenters. The van der Waals surface area contributed by atoms with Crippen LogP contribution in [0.25, 0.3) is 11.0 Å². The summed E-state index contributed by atoms with van der Waals surface area (Å²) < 4.78 is 6.60. The molecule has 4 rings (SSSR count). The lowest BCUT2D eigenvalue weighted by atomic mass is 9.90. The Labute approximate surface area is 165 Å². The molecule has 1 fully saturated rings. The first-order valence-corrected chi connectivity index (χ1v) is 10.2. The maximum absolute atomic E-state index is 5.95. The molecule has 1 aliphatic rings. The molecule has 0 saturated carbocycles. The lowest BCUT2D eigenvalue weighted by Gasteiger charge is -2.31. The van der Waals surface area contributed by atoms with Gasteiger partial charge < -0.3 is 14.7 Å². The molecule has 2 N–H and O–H groups in total. The van der Waals surface area contributed by atoms with Gasteiger partial charge in [-0.25, -0.2) is 0 Å². The van der Waals surface area contributed by atoms with Gasteiger partial charge in [-0.15, -0.1) is 0 Å². The number of ether oxygens (including phenoxy) is 1. The van der Waals surface area contributed by atoms with Crippen molar-refractivity contribution in [2.45, 2.75) is 26.2 Å². The maximum Gasteiger partial charge on any atom is 0.175 e. The van der Waals surface area contributed by atoms with E-state index in [2.05, 4.69) is 46.1 Å². The van der Waals surface area contributed by atoms with Crippen molar-refractivity contribution in [2.24, 2.45) is 5.92 Å². The highest BCUT2D eigenvalue weighted by Gasteiger charge is 2.19. The van der Waals surface area contributed by atoms with E-state index in [9.17, 15) is 0 Å². The Balaban J connectivity index is 1.21. The van der Waals surface area contributed by atoms with Crippen LogP contribution in [0.1, 0.15) is 24.0 Å². The zero-order chi connectivity index (χ0) is 18.6. The van der Waals surface area contributed by atoms with E-state index in [1.165, 1.54) is 43.5 Å². The Morgan fingerprint density at radius 2 is 1.78 bits per heavy atom. The molecule has 5 heteroatoms. The predicted octanol–water partition coefficient (Wildman–Crippen LogP) is 4.87. The van der Waals surface area contributed by atoms with Crippen molar-refractivity contribution in [2.75, 3.05) is 26.2 Å². The van der Waals surface area contributed by atoms with Gasteiger partial charge in [0.1, 0.15) is 12.4 Å². The molecule has 142 valence electrons. The summed E-state index contributed by atoms with van der Waals surface area (Å²) in [4.78, 5) is 8.77. The van der Waals surface area contributed by atoms with Crippen LogP contribution in [0.5, 0.6) is 5.75 Å². The van der Waals surface area contributed by atoms with Crippen molar-refractivity contribution in [1.82, 2.24) is 14.9 Å². The maximum atomic E-state index is 5.95. The fraction of sp³-hybridized carbons (Fsp3) is 0.409. The van der Waals surface area contributed by atoms with Crippen LogP contribution in [-0.4, -0.2) is 41.1 Å². The topological polar surface area (TPSA) is 44.0 Å². The number of hydrogen-bond donors (Lipinski definition) is 2. The number of nitrogens with one attached hydrogen (secondary N) is 2. The monoisotopic (exact) mass is 381 g/mol. The molecular formula is C22H27N3OS. The molecule has 27 heavy (non-hydrogen) atoms. The highest BCUT2D eigenvalue weighted by molar-refractivity contribution is 7.71. The van der Waals surface area contributed by atoms with Crippen LogP contribution in [0.15, 0.2) is 42.5 Å². The van der Waals surface area contributed by atoms with Gasteiger partial charge >= 0.3 is 0 Å². The second-order valence-electron chi connectivity index (χ2n) is 7.61. The first kappa shape index (κ1) is 18.3.